The minimum Gasteiger partial charge on any atom is -0.376 e. The summed E-state index contributed by atoms with van der Waals surface area (Å²) < 4.78 is 34.5. The van der Waals surface area contributed by atoms with Crippen LogP contribution in [-0.4, -0.2) is 75.2 Å². The van der Waals surface area contributed by atoms with Crippen LogP contribution in [0.2, 0.25) is 0 Å². The van der Waals surface area contributed by atoms with Crippen LogP contribution in [0.3, 0.4) is 0 Å². The highest BCUT2D eigenvalue weighted by atomic mass is 31.2. The van der Waals surface area contributed by atoms with Crippen molar-refractivity contribution in [2.45, 2.75) is 129 Å². The molecule has 0 amide bonds. The van der Waals surface area contributed by atoms with Crippen molar-refractivity contribution in [2.24, 2.45) is 0 Å². The van der Waals surface area contributed by atoms with Crippen LogP contribution in [0.1, 0.15) is 122 Å². The van der Waals surface area contributed by atoms with E-state index in [1.165, 1.54) is 89.9 Å². The SMILES string of the molecule is CCCCCCCCCCCCCCCC=C1CCC(OCCOP(=O)(O)OCC[N+]2(C)CCOCC2)CC1. The zero-order valence-electron chi connectivity index (χ0n) is 25.4. The van der Waals surface area contributed by atoms with Gasteiger partial charge < -0.3 is 18.9 Å². The first kappa shape index (κ1) is 34.9. The molecule has 1 atom stereocenters. The molecule has 1 aliphatic heterocycles. The largest absolute Gasteiger partial charge is 0.472 e. The Bertz CT molecular complexity index is 672. The summed E-state index contributed by atoms with van der Waals surface area (Å²) in [6, 6.07) is 0. The topological polar surface area (TPSA) is 74.2 Å². The van der Waals surface area contributed by atoms with Crippen LogP contribution in [-0.2, 0) is 23.1 Å². The van der Waals surface area contributed by atoms with Gasteiger partial charge in [-0.15, -0.1) is 0 Å². The lowest BCUT2D eigenvalue weighted by Gasteiger charge is -2.37. The van der Waals surface area contributed by atoms with Crippen LogP contribution in [0.5, 0.6) is 0 Å². The van der Waals surface area contributed by atoms with Gasteiger partial charge in [0, 0.05) is 0 Å². The van der Waals surface area contributed by atoms with Crippen molar-refractivity contribution in [3.05, 3.63) is 11.6 Å². The fraction of sp³-hybridized carbons (Fsp3) is 0.935. The Morgan fingerprint density at radius 3 is 1.97 bits per heavy atom. The number of hydrogen-bond donors (Lipinski definition) is 1. The second-order valence-electron chi connectivity index (χ2n) is 12.0. The number of phosphoric ester groups is 1. The normalized spacial score (nSPS) is 21.1. The van der Waals surface area contributed by atoms with Gasteiger partial charge in [0.1, 0.15) is 26.2 Å². The van der Waals surface area contributed by atoms with Crippen molar-refractivity contribution in [2.75, 3.05) is 59.7 Å². The molecule has 0 aromatic rings. The number of unbranched alkanes of at least 4 members (excludes halogenated alkanes) is 13. The maximum atomic E-state index is 12.1. The average molecular weight is 575 g/mol. The molecule has 0 spiro atoms. The first-order valence-corrected chi connectivity index (χ1v) is 17.7. The van der Waals surface area contributed by atoms with Gasteiger partial charge in [0.25, 0.3) is 0 Å². The van der Waals surface area contributed by atoms with Crippen LogP contribution < -0.4 is 0 Å². The molecule has 39 heavy (non-hydrogen) atoms. The summed E-state index contributed by atoms with van der Waals surface area (Å²) >= 11 is 0. The van der Waals surface area contributed by atoms with E-state index in [1.54, 1.807) is 5.57 Å². The molecule has 0 bridgehead atoms. The Hall–Kier alpha value is -0.270. The molecular weight excluding hydrogens is 513 g/mol. The molecule has 1 N–H and O–H groups in total. The first-order valence-electron chi connectivity index (χ1n) is 16.3. The number of allylic oxidation sites excluding steroid dienone is 2. The standard InChI is InChI=1S/C31H60NO6P/c1-3-4-5-6-7-8-9-10-11-12-13-14-15-16-17-30-18-20-31(21-19-30)36-28-29-38-39(33,34)37-27-24-32(2)22-25-35-26-23-32/h17,31H,3-16,18-29H2,1-2H3/p+1. The second-order valence-corrected chi connectivity index (χ2v) is 13.5. The lowest BCUT2D eigenvalue weighted by molar-refractivity contribution is -0.916. The Morgan fingerprint density at radius 1 is 0.846 bits per heavy atom. The number of phosphoric acid groups is 1. The number of rotatable bonds is 23. The van der Waals surface area contributed by atoms with Crippen LogP contribution in [0.25, 0.3) is 0 Å². The molecule has 7 nitrogen and oxygen atoms in total. The fourth-order valence-corrected chi connectivity index (χ4v) is 6.28. The molecule has 230 valence electrons. The van der Waals surface area contributed by atoms with Gasteiger partial charge in [-0.05, 0) is 38.5 Å². The first-order chi connectivity index (χ1) is 18.9. The number of quaternary nitrogens is 1. The predicted molar refractivity (Wildman–Crippen MR) is 160 cm³/mol. The number of morpholine rings is 1. The van der Waals surface area contributed by atoms with Crippen molar-refractivity contribution in [1.82, 2.24) is 0 Å². The van der Waals surface area contributed by atoms with E-state index >= 15 is 0 Å². The van der Waals surface area contributed by atoms with E-state index in [9.17, 15) is 9.46 Å². The zero-order valence-corrected chi connectivity index (χ0v) is 26.3. The highest BCUT2D eigenvalue weighted by Crippen LogP contribution is 2.43. The molecule has 8 heteroatoms. The fourth-order valence-electron chi connectivity index (χ4n) is 5.59. The summed E-state index contributed by atoms with van der Waals surface area (Å²) in [6.45, 7) is 6.78. The molecule has 1 heterocycles. The van der Waals surface area contributed by atoms with Crippen molar-refractivity contribution in [1.29, 1.82) is 0 Å². The summed E-state index contributed by atoms with van der Waals surface area (Å²) in [5.41, 5.74) is 1.58. The van der Waals surface area contributed by atoms with Gasteiger partial charge in [-0.25, -0.2) is 4.57 Å². The minimum atomic E-state index is -4.03. The maximum Gasteiger partial charge on any atom is 0.472 e. The molecule has 1 saturated carbocycles. The van der Waals surface area contributed by atoms with Crippen LogP contribution >= 0.6 is 7.82 Å². The molecular formula is C31H61NO6P+. The van der Waals surface area contributed by atoms with E-state index in [0.717, 1.165) is 56.5 Å². The summed E-state index contributed by atoms with van der Waals surface area (Å²) in [5.74, 6) is 0. The van der Waals surface area contributed by atoms with E-state index < -0.39 is 7.82 Å². The van der Waals surface area contributed by atoms with Gasteiger partial charge in [0.2, 0.25) is 0 Å². The van der Waals surface area contributed by atoms with Crippen LogP contribution in [0.4, 0.5) is 0 Å². The summed E-state index contributed by atoms with van der Waals surface area (Å²) in [7, 11) is -1.92. The maximum absolute atomic E-state index is 12.1. The van der Waals surface area contributed by atoms with E-state index in [-0.39, 0.29) is 19.3 Å². The third kappa shape index (κ3) is 18.0. The Morgan fingerprint density at radius 2 is 1.38 bits per heavy atom. The summed E-state index contributed by atoms with van der Waals surface area (Å²) in [4.78, 5) is 9.94. The number of ether oxygens (including phenoxy) is 2. The Balaban J connectivity index is 1.38. The molecule has 1 aliphatic carbocycles. The van der Waals surface area contributed by atoms with E-state index in [0.29, 0.717) is 13.2 Å². The second kappa shape index (κ2) is 21.4. The highest BCUT2D eigenvalue weighted by Gasteiger charge is 2.28. The third-order valence-electron chi connectivity index (χ3n) is 8.44. The Kier molecular flexibility index (Phi) is 19.2. The molecule has 0 aromatic carbocycles. The van der Waals surface area contributed by atoms with Gasteiger partial charge in [-0.2, -0.15) is 0 Å². The quantitative estimate of drug-likeness (QED) is 0.0577. The molecule has 2 rings (SSSR count). The van der Waals surface area contributed by atoms with Gasteiger partial charge in [0.15, 0.2) is 0 Å². The summed E-state index contributed by atoms with van der Waals surface area (Å²) in [5, 5.41) is 0. The Labute approximate surface area is 240 Å². The van der Waals surface area contributed by atoms with Crippen molar-refractivity contribution in [3.8, 4) is 0 Å². The molecule has 2 aliphatic rings. The molecule has 2 fully saturated rings. The lowest BCUT2D eigenvalue weighted by Crippen LogP contribution is -2.53. The van der Waals surface area contributed by atoms with Crippen molar-refractivity contribution in [3.63, 3.8) is 0 Å². The monoisotopic (exact) mass is 574 g/mol. The van der Waals surface area contributed by atoms with Gasteiger partial charge in [-0.3, -0.25) is 9.05 Å². The molecule has 1 saturated heterocycles. The van der Waals surface area contributed by atoms with Gasteiger partial charge >= 0.3 is 7.82 Å². The van der Waals surface area contributed by atoms with Gasteiger partial charge in [0.05, 0.1) is 39.6 Å². The average Bonchev–Trinajstić information content (AvgIpc) is 2.92. The molecule has 0 aromatic heterocycles. The minimum absolute atomic E-state index is 0.0754. The third-order valence-corrected chi connectivity index (χ3v) is 9.46. The van der Waals surface area contributed by atoms with Gasteiger partial charge in [-0.1, -0.05) is 95.6 Å². The van der Waals surface area contributed by atoms with Crippen molar-refractivity contribution < 1.29 is 32.5 Å². The van der Waals surface area contributed by atoms with Crippen molar-refractivity contribution >= 4 is 7.82 Å². The van der Waals surface area contributed by atoms with E-state index in [1.807, 2.05) is 0 Å². The van der Waals surface area contributed by atoms with Crippen LogP contribution in [0, 0.1) is 0 Å². The predicted octanol–water partition coefficient (Wildman–Crippen LogP) is 7.96. The number of hydrogen-bond acceptors (Lipinski definition) is 5. The number of likely N-dealkylation sites (N-methyl/N-ethyl adjacent to an activating group) is 1. The van der Waals surface area contributed by atoms with Crippen LogP contribution in [0.15, 0.2) is 11.6 Å². The number of nitrogens with zero attached hydrogens (tertiary/aromatic N) is 1. The molecule has 0 radical (unpaired) electrons. The smallest absolute Gasteiger partial charge is 0.376 e. The molecule has 1 unspecified atom stereocenters. The van der Waals surface area contributed by atoms with E-state index in [4.69, 9.17) is 18.5 Å². The highest BCUT2D eigenvalue weighted by molar-refractivity contribution is 7.47. The lowest BCUT2D eigenvalue weighted by atomic mass is 9.91. The summed E-state index contributed by atoms with van der Waals surface area (Å²) in [6.07, 6.45) is 26.4. The van der Waals surface area contributed by atoms with E-state index in [2.05, 4.69) is 20.0 Å². The zero-order chi connectivity index (χ0) is 28.1.